The zero-order valence-electron chi connectivity index (χ0n) is 9.79. The van der Waals surface area contributed by atoms with Crippen LogP contribution >= 0.6 is 11.8 Å². The Kier molecular flexibility index (Phi) is 5.18. The number of carboxylic acid groups (broad SMARTS) is 1. The molecule has 2 rings (SSSR count). The van der Waals surface area contributed by atoms with Crippen molar-refractivity contribution < 1.29 is 22.9 Å². The molecule has 0 aliphatic carbocycles. The molecule has 0 radical (unpaired) electrons. The first kappa shape index (κ1) is 15.0. The Hall–Kier alpha value is -1.05. The molecule has 0 unspecified atom stereocenters. The monoisotopic (exact) mass is 290 g/mol. The average molecular weight is 290 g/mol. The second-order valence-electron chi connectivity index (χ2n) is 3.84. The third-order valence-corrected chi connectivity index (χ3v) is 3.22. The van der Waals surface area contributed by atoms with Gasteiger partial charge in [-0.05, 0) is 23.6 Å². The summed E-state index contributed by atoms with van der Waals surface area (Å²) in [5, 5.41) is 8.61. The van der Waals surface area contributed by atoms with E-state index < -0.39 is 16.1 Å². The molecule has 0 atom stereocenters. The number of carboxylic acids is 1. The van der Waals surface area contributed by atoms with Crippen molar-refractivity contribution in [2.45, 2.75) is 17.7 Å². The van der Waals surface area contributed by atoms with Gasteiger partial charge in [-0.2, -0.15) is 8.42 Å². The van der Waals surface area contributed by atoms with Crippen LogP contribution in [-0.2, 0) is 27.8 Å². The Morgan fingerprint density at radius 1 is 1.44 bits per heavy atom. The SMILES string of the molecule is CS(=O)(=O)O.O=C(O)Cc1ccc2c(c1)SCC2. The first-order valence-corrected chi connectivity index (χ1v) is 7.98. The Bertz CT molecular complexity index is 528. The van der Waals surface area contributed by atoms with Gasteiger partial charge in [-0.3, -0.25) is 9.35 Å². The normalized spacial score (nSPS) is 13.4. The van der Waals surface area contributed by atoms with Crippen molar-refractivity contribution in [3.63, 3.8) is 0 Å². The Morgan fingerprint density at radius 3 is 2.61 bits per heavy atom. The van der Waals surface area contributed by atoms with Crippen LogP contribution in [0.15, 0.2) is 23.1 Å². The molecule has 1 aromatic carbocycles. The van der Waals surface area contributed by atoms with Gasteiger partial charge in [0.2, 0.25) is 0 Å². The van der Waals surface area contributed by atoms with Gasteiger partial charge >= 0.3 is 5.97 Å². The van der Waals surface area contributed by atoms with Crippen molar-refractivity contribution in [2.24, 2.45) is 0 Å². The van der Waals surface area contributed by atoms with Gasteiger partial charge in [-0.25, -0.2) is 0 Å². The van der Waals surface area contributed by atoms with E-state index >= 15 is 0 Å². The van der Waals surface area contributed by atoms with E-state index in [2.05, 4.69) is 0 Å². The number of hydrogen-bond donors (Lipinski definition) is 2. The first-order chi connectivity index (χ1) is 8.25. The van der Waals surface area contributed by atoms with E-state index in [0.717, 1.165) is 17.7 Å². The van der Waals surface area contributed by atoms with Crippen LogP contribution in [0.5, 0.6) is 0 Å². The van der Waals surface area contributed by atoms with Crippen molar-refractivity contribution >= 4 is 27.8 Å². The smallest absolute Gasteiger partial charge is 0.307 e. The molecule has 0 saturated carbocycles. The number of aryl methyl sites for hydroxylation is 1. The lowest BCUT2D eigenvalue weighted by atomic mass is 10.1. The molecule has 2 N–H and O–H groups in total. The molecule has 100 valence electrons. The van der Waals surface area contributed by atoms with E-state index in [0.29, 0.717) is 6.26 Å². The van der Waals surface area contributed by atoms with E-state index in [4.69, 9.17) is 9.66 Å². The summed E-state index contributed by atoms with van der Waals surface area (Å²) in [6, 6.07) is 5.97. The summed E-state index contributed by atoms with van der Waals surface area (Å²) >= 11 is 1.82. The van der Waals surface area contributed by atoms with Gasteiger partial charge in [0.25, 0.3) is 10.1 Å². The predicted octanol–water partition coefficient (Wildman–Crippen LogP) is 1.47. The highest BCUT2D eigenvalue weighted by atomic mass is 32.2. The van der Waals surface area contributed by atoms with Crippen LogP contribution in [0, 0.1) is 0 Å². The lowest BCUT2D eigenvalue weighted by Crippen LogP contribution is -1.99. The van der Waals surface area contributed by atoms with E-state index in [9.17, 15) is 13.2 Å². The molecule has 1 aliphatic rings. The van der Waals surface area contributed by atoms with Crippen LogP contribution in [-0.4, -0.2) is 36.1 Å². The fourth-order valence-corrected chi connectivity index (χ4v) is 2.63. The van der Waals surface area contributed by atoms with Crippen molar-refractivity contribution in [1.82, 2.24) is 0 Å². The molecule has 0 spiro atoms. The third kappa shape index (κ3) is 6.04. The molecular weight excluding hydrogens is 276 g/mol. The summed E-state index contributed by atoms with van der Waals surface area (Å²) in [6.45, 7) is 0. The largest absolute Gasteiger partial charge is 0.481 e. The van der Waals surface area contributed by atoms with Crippen LogP contribution in [0.2, 0.25) is 0 Å². The number of carbonyl (C=O) groups is 1. The van der Waals surface area contributed by atoms with Crippen molar-refractivity contribution in [1.29, 1.82) is 0 Å². The van der Waals surface area contributed by atoms with Gasteiger partial charge in [-0.15, -0.1) is 11.8 Å². The summed E-state index contributed by atoms with van der Waals surface area (Å²) in [5.41, 5.74) is 2.26. The molecule has 1 aromatic rings. The fraction of sp³-hybridized carbons (Fsp3) is 0.364. The Morgan fingerprint density at radius 2 is 2.06 bits per heavy atom. The third-order valence-electron chi connectivity index (χ3n) is 2.12. The fourth-order valence-electron chi connectivity index (χ4n) is 1.50. The van der Waals surface area contributed by atoms with Crippen LogP contribution in [0.1, 0.15) is 11.1 Å². The van der Waals surface area contributed by atoms with E-state index in [1.54, 1.807) is 0 Å². The number of thioether (sulfide) groups is 1. The molecular formula is C11H14O5S2. The lowest BCUT2D eigenvalue weighted by Gasteiger charge is -2.00. The molecule has 0 amide bonds. The maximum absolute atomic E-state index is 10.5. The predicted molar refractivity (Wildman–Crippen MR) is 69.7 cm³/mol. The van der Waals surface area contributed by atoms with Crippen LogP contribution in [0.3, 0.4) is 0 Å². The molecule has 0 fully saturated rings. The van der Waals surface area contributed by atoms with Gasteiger partial charge in [-0.1, -0.05) is 12.1 Å². The minimum Gasteiger partial charge on any atom is -0.481 e. The number of aliphatic carboxylic acids is 1. The highest BCUT2D eigenvalue weighted by Gasteiger charge is 2.12. The second kappa shape index (κ2) is 6.21. The minimum atomic E-state index is -3.67. The number of fused-ring (bicyclic) bond motifs is 1. The molecule has 5 nitrogen and oxygen atoms in total. The Balaban J connectivity index is 0.000000280. The minimum absolute atomic E-state index is 0.133. The van der Waals surface area contributed by atoms with Crippen LogP contribution < -0.4 is 0 Å². The number of benzene rings is 1. The van der Waals surface area contributed by atoms with Gasteiger partial charge in [0.05, 0.1) is 12.7 Å². The standard InChI is InChI=1S/C10H10O2S.CH4O3S/c11-10(12)6-7-1-2-8-3-4-13-9(8)5-7;1-5(2,3)4/h1-2,5H,3-4,6H2,(H,11,12);1H3,(H,2,3,4). The number of rotatable bonds is 2. The molecule has 1 aliphatic heterocycles. The molecule has 1 heterocycles. The van der Waals surface area contributed by atoms with Gasteiger partial charge in [0.1, 0.15) is 0 Å². The molecule has 0 aromatic heterocycles. The van der Waals surface area contributed by atoms with Gasteiger partial charge in [0.15, 0.2) is 0 Å². The highest BCUT2D eigenvalue weighted by Crippen LogP contribution is 2.31. The maximum Gasteiger partial charge on any atom is 0.307 e. The first-order valence-electron chi connectivity index (χ1n) is 5.14. The zero-order valence-corrected chi connectivity index (χ0v) is 11.4. The van der Waals surface area contributed by atoms with E-state index in [1.807, 2.05) is 30.0 Å². The topological polar surface area (TPSA) is 91.7 Å². The van der Waals surface area contributed by atoms with Crippen molar-refractivity contribution in [3.05, 3.63) is 29.3 Å². The maximum atomic E-state index is 10.5. The summed E-state index contributed by atoms with van der Waals surface area (Å²) in [5.74, 6) is 0.370. The van der Waals surface area contributed by atoms with Crippen LogP contribution in [0.4, 0.5) is 0 Å². The number of hydrogen-bond acceptors (Lipinski definition) is 4. The highest BCUT2D eigenvalue weighted by molar-refractivity contribution is 7.99. The molecule has 18 heavy (non-hydrogen) atoms. The summed E-state index contributed by atoms with van der Waals surface area (Å²) in [7, 11) is -3.67. The summed E-state index contributed by atoms with van der Waals surface area (Å²) in [6.07, 6.45) is 1.97. The van der Waals surface area contributed by atoms with Crippen molar-refractivity contribution in [2.75, 3.05) is 12.0 Å². The second-order valence-corrected chi connectivity index (χ2v) is 6.45. The van der Waals surface area contributed by atoms with Crippen molar-refractivity contribution in [3.8, 4) is 0 Å². The van der Waals surface area contributed by atoms with Gasteiger partial charge < -0.3 is 5.11 Å². The zero-order chi connectivity index (χ0) is 13.8. The van der Waals surface area contributed by atoms with E-state index in [1.165, 1.54) is 10.5 Å². The quantitative estimate of drug-likeness (QED) is 0.801. The Labute approximate surface area is 110 Å². The molecule has 0 saturated heterocycles. The van der Waals surface area contributed by atoms with Gasteiger partial charge in [0, 0.05) is 10.6 Å². The van der Waals surface area contributed by atoms with Crippen LogP contribution in [0.25, 0.3) is 0 Å². The van der Waals surface area contributed by atoms with E-state index in [-0.39, 0.29) is 6.42 Å². The molecule has 7 heteroatoms. The lowest BCUT2D eigenvalue weighted by molar-refractivity contribution is -0.136. The average Bonchev–Trinajstić information content (AvgIpc) is 2.60. The molecule has 0 bridgehead atoms. The summed E-state index contributed by atoms with van der Waals surface area (Å²) < 4.78 is 25.9. The summed E-state index contributed by atoms with van der Waals surface area (Å²) in [4.78, 5) is 11.7.